The van der Waals surface area contributed by atoms with Gasteiger partial charge in [0.2, 0.25) is 5.91 Å². The first-order valence-corrected chi connectivity index (χ1v) is 7.48. The number of amides is 1. The van der Waals surface area contributed by atoms with Crippen LogP contribution >= 0.6 is 24.8 Å². The van der Waals surface area contributed by atoms with Crippen molar-refractivity contribution in [1.82, 2.24) is 10.2 Å². The van der Waals surface area contributed by atoms with E-state index >= 15 is 0 Å². The smallest absolute Gasteiger partial charge is 0.236 e. The fraction of sp³-hybridized carbons (Fsp3) is 0.562. The number of hydrogen-bond donors (Lipinski definition) is 2. The van der Waals surface area contributed by atoms with E-state index in [4.69, 9.17) is 5.73 Å². The molecule has 1 saturated heterocycles. The summed E-state index contributed by atoms with van der Waals surface area (Å²) in [6.07, 6.45) is 4.01. The molecule has 22 heavy (non-hydrogen) atoms. The van der Waals surface area contributed by atoms with Crippen LogP contribution in [0.4, 0.5) is 0 Å². The Balaban J connectivity index is 0.00000220. The molecule has 1 aromatic carbocycles. The van der Waals surface area contributed by atoms with Crippen LogP contribution < -0.4 is 11.1 Å². The largest absolute Gasteiger partial charge is 0.351 e. The normalized spacial score (nSPS) is 16.1. The predicted octanol–water partition coefficient (Wildman–Crippen LogP) is 2.48. The van der Waals surface area contributed by atoms with Crippen LogP contribution in [0.1, 0.15) is 37.3 Å². The molecule has 0 saturated carbocycles. The molecule has 0 aliphatic carbocycles. The third kappa shape index (κ3) is 6.97. The highest BCUT2D eigenvalue weighted by atomic mass is 35.5. The van der Waals surface area contributed by atoms with Crippen molar-refractivity contribution < 1.29 is 4.79 Å². The molecule has 1 atom stereocenters. The lowest BCUT2D eigenvalue weighted by molar-refractivity contribution is -0.122. The molecule has 1 aromatic rings. The maximum absolute atomic E-state index is 11.4. The number of carbonyl (C=O) groups is 1. The molecule has 0 spiro atoms. The highest BCUT2D eigenvalue weighted by Gasteiger charge is 2.10. The van der Waals surface area contributed by atoms with E-state index in [9.17, 15) is 4.79 Å². The fourth-order valence-electron chi connectivity index (χ4n) is 2.49. The third-order valence-electron chi connectivity index (χ3n) is 3.76. The quantitative estimate of drug-likeness (QED) is 0.860. The van der Waals surface area contributed by atoms with Crippen LogP contribution in [0.3, 0.4) is 0 Å². The zero-order valence-electron chi connectivity index (χ0n) is 13.1. The van der Waals surface area contributed by atoms with E-state index in [2.05, 4.69) is 34.5 Å². The summed E-state index contributed by atoms with van der Waals surface area (Å²) < 4.78 is 0. The zero-order valence-corrected chi connectivity index (χ0v) is 14.7. The molecule has 1 fully saturated rings. The Morgan fingerprint density at radius 2 is 1.68 bits per heavy atom. The van der Waals surface area contributed by atoms with Gasteiger partial charge < -0.3 is 11.1 Å². The molecule has 0 aromatic heterocycles. The summed E-state index contributed by atoms with van der Waals surface area (Å²) in [5.41, 5.74) is 7.96. The van der Waals surface area contributed by atoms with Gasteiger partial charge in [0.25, 0.3) is 0 Å². The first-order chi connectivity index (χ1) is 9.65. The van der Waals surface area contributed by atoms with Crippen LogP contribution in [0.2, 0.25) is 0 Å². The fourth-order valence-corrected chi connectivity index (χ4v) is 2.49. The van der Waals surface area contributed by atoms with E-state index in [-0.39, 0.29) is 30.7 Å². The molecule has 2 rings (SSSR count). The average Bonchev–Trinajstić information content (AvgIpc) is 2.47. The predicted molar refractivity (Wildman–Crippen MR) is 95.6 cm³/mol. The van der Waals surface area contributed by atoms with Gasteiger partial charge in [-0.2, -0.15) is 0 Å². The van der Waals surface area contributed by atoms with Crippen LogP contribution in [-0.4, -0.2) is 29.9 Å². The minimum atomic E-state index is -0.451. The minimum absolute atomic E-state index is 0. The number of nitrogens with one attached hydrogen (secondary N) is 1. The standard InChI is InChI=1S/C16H25N3O.2ClH/c1-13(17)16(20)18-11-14-5-7-15(8-6-14)12-19-9-3-2-4-10-19;;/h5-8,13H,2-4,9-12,17H2,1H3,(H,18,20);2*1H/t13-;;/m1../s1. The number of nitrogens with zero attached hydrogens (tertiary/aromatic N) is 1. The van der Waals surface area contributed by atoms with Crippen molar-refractivity contribution in [3.63, 3.8) is 0 Å². The Labute approximate surface area is 145 Å². The molecule has 1 heterocycles. The summed E-state index contributed by atoms with van der Waals surface area (Å²) in [7, 11) is 0. The van der Waals surface area contributed by atoms with Crippen molar-refractivity contribution in [2.45, 2.75) is 45.3 Å². The van der Waals surface area contributed by atoms with Crippen molar-refractivity contribution in [1.29, 1.82) is 0 Å². The molecule has 0 bridgehead atoms. The first-order valence-electron chi connectivity index (χ1n) is 7.48. The number of nitrogens with two attached hydrogens (primary N) is 1. The second kappa shape index (κ2) is 10.8. The molecule has 1 aliphatic heterocycles. The molecule has 6 heteroatoms. The van der Waals surface area contributed by atoms with Crippen molar-refractivity contribution >= 4 is 30.7 Å². The van der Waals surface area contributed by atoms with E-state index in [1.807, 2.05) is 0 Å². The Morgan fingerprint density at radius 3 is 2.23 bits per heavy atom. The Bertz CT molecular complexity index is 432. The molecule has 0 radical (unpaired) electrons. The molecular formula is C16H27Cl2N3O. The van der Waals surface area contributed by atoms with Crippen molar-refractivity contribution in [2.24, 2.45) is 5.73 Å². The molecular weight excluding hydrogens is 321 g/mol. The third-order valence-corrected chi connectivity index (χ3v) is 3.76. The van der Waals surface area contributed by atoms with Gasteiger partial charge in [0.1, 0.15) is 0 Å². The van der Waals surface area contributed by atoms with Gasteiger partial charge in [0, 0.05) is 13.1 Å². The maximum atomic E-state index is 11.4. The molecule has 3 N–H and O–H groups in total. The van der Waals surface area contributed by atoms with Gasteiger partial charge in [0.15, 0.2) is 0 Å². The molecule has 1 aliphatic rings. The maximum Gasteiger partial charge on any atom is 0.236 e. The van der Waals surface area contributed by atoms with E-state index < -0.39 is 6.04 Å². The number of rotatable bonds is 5. The number of hydrogen-bond acceptors (Lipinski definition) is 3. The van der Waals surface area contributed by atoms with Crippen molar-refractivity contribution in [3.8, 4) is 0 Å². The first kappa shape index (κ1) is 21.2. The minimum Gasteiger partial charge on any atom is -0.351 e. The summed E-state index contributed by atoms with van der Waals surface area (Å²) in [5, 5.41) is 2.82. The second-order valence-electron chi connectivity index (χ2n) is 5.66. The van der Waals surface area contributed by atoms with Crippen LogP contribution in [0.25, 0.3) is 0 Å². The Kier molecular flexibility index (Phi) is 10.4. The van der Waals surface area contributed by atoms with Crippen LogP contribution in [0, 0.1) is 0 Å². The number of likely N-dealkylation sites (tertiary alicyclic amines) is 1. The second-order valence-corrected chi connectivity index (χ2v) is 5.66. The van der Waals surface area contributed by atoms with Crippen LogP contribution in [-0.2, 0) is 17.9 Å². The van der Waals surface area contributed by atoms with E-state index in [1.165, 1.54) is 37.9 Å². The van der Waals surface area contributed by atoms with Crippen molar-refractivity contribution in [2.75, 3.05) is 13.1 Å². The summed E-state index contributed by atoms with van der Waals surface area (Å²) in [4.78, 5) is 13.9. The van der Waals surface area contributed by atoms with Gasteiger partial charge in [-0.15, -0.1) is 24.8 Å². The van der Waals surface area contributed by atoms with Gasteiger partial charge in [-0.3, -0.25) is 9.69 Å². The summed E-state index contributed by atoms with van der Waals surface area (Å²) >= 11 is 0. The molecule has 0 unspecified atom stereocenters. The molecule has 4 nitrogen and oxygen atoms in total. The van der Waals surface area contributed by atoms with Gasteiger partial charge >= 0.3 is 0 Å². The summed E-state index contributed by atoms with van der Waals surface area (Å²) in [6, 6.07) is 8.03. The lowest BCUT2D eigenvalue weighted by atomic mass is 10.1. The SMILES string of the molecule is C[C@@H](N)C(=O)NCc1ccc(CN2CCCCC2)cc1.Cl.Cl. The topological polar surface area (TPSA) is 58.4 Å². The van der Waals surface area contributed by atoms with Crippen molar-refractivity contribution in [3.05, 3.63) is 35.4 Å². The number of halogens is 2. The highest BCUT2D eigenvalue weighted by Crippen LogP contribution is 2.13. The van der Waals surface area contributed by atoms with Crippen LogP contribution in [0.5, 0.6) is 0 Å². The average molecular weight is 348 g/mol. The lowest BCUT2D eigenvalue weighted by Gasteiger charge is -2.26. The Hall–Kier alpha value is -0.810. The summed E-state index contributed by atoms with van der Waals surface area (Å²) in [6.45, 7) is 5.70. The van der Waals surface area contributed by atoms with E-state index in [0.29, 0.717) is 6.54 Å². The number of carbonyl (C=O) groups excluding carboxylic acids is 1. The number of piperidine rings is 1. The monoisotopic (exact) mass is 347 g/mol. The Morgan fingerprint density at radius 1 is 1.14 bits per heavy atom. The van der Waals surface area contributed by atoms with Gasteiger partial charge in [0.05, 0.1) is 6.04 Å². The van der Waals surface area contributed by atoms with E-state index in [0.717, 1.165) is 12.1 Å². The van der Waals surface area contributed by atoms with Gasteiger partial charge in [-0.1, -0.05) is 30.7 Å². The van der Waals surface area contributed by atoms with Gasteiger partial charge in [-0.05, 0) is 44.0 Å². The zero-order chi connectivity index (χ0) is 14.4. The molecule has 1 amide bonds. The number of benzene rings is 1. The summed E-state index contributed by atoms with van der Waals surface area (Å²) in [5.74, 6) is -0.109. The van der Waals surface area contributed by atoms with E-state index in [1.54, 1.807) is 6.92 Å². The van der Waals surface area contributed by atoms with Crippen LogP contribution in [0.15, 0.2) is 24.3 Å². The van der Waals surface area contributed by atoms with Gasteiger partial charge in [-0.25, -0.2) is 0 Å². The highest BCUT2D eigenvalue weighted by molar-refractivity contribution is 5.85. The molecule has 126 valence electrons. The lowest BCUT2D eigenvalue weighted by Crippen LogP contribution is -2.37.